The molecule has 2 aromatic carbocycles. The number of hydrogen-bond acceptors (Lipinski definition) is 3. The largest absolute Gasteiger partial charge is 0.349 e. The van der Waals surface area contributed by atoms with Crippen LogP contribution in [0.4, 0.5) is 4.39 Å². The van der Waals surface area contributed by atoms with Gasteiger partial charge in [-0.3, -0.25) is 4.79 Å². The summed E-state index contributed by atoms with van der Waals surface area (Å²) in [5.74, 6) is 1.57. The van der Waals surface area contributed by atoms with E-state index in [9.17, 15) is 9.18 Å². The quantitative estimate of drug-likeness (QED) is 0.798. The van der Waals surface area contributed by atoms with Crippen LogP contribution in [0, 0.1) is 5.82 Å². The third-order valence-electron chi connectivity index (χ3n) is 3.71. The number of carbonyl (C=O) groups excluding carboxylic acids is 1. The molecule has 0 spiro atoms. The SMILES string of the molecule is O=C(CCSc1ccc(F)cc1)N[C@@H]1CCSc2ccccc21. The Morgan fingerprint density at radius 1 is 1.22 bits per heavy atom. The molecule has 0 unspecified atom stereocenters. The van der Waals surface area contributed by atoms with Gasteiger partial charge in [-0.25, -0.2) is 4.39 Å². The van der Waals surface area contributed by atoms with Crippen LogP contribution in [0.25, 0.3) is 0 Å². The minimum Gasteiger partial charge on any atom is -0.349 e. The number of nitrogens with one attached hydrogen (secondary N) is 1. The van der Waals surface area contributed by atoms with Gasteiger partial charge >= 0.3 is 0 Å². The van der Waals surface area contributed by atoms with E-state index < -0.39 is 0 Å². The maximum atomic E-state index is 12.8. The van der Waals surface area contributed by atoms with Crippen LogP contribution < -0.4 is 5.32 Å². The van der Waals surface area contributed by atoms with Crippen LogP contribution in [0.2, 0.25) is 0 Å². The summed E-state index contributed by atoms with van der Waals surface area (Å²) in [6.07, 6.45) is 1.44. The van der Waals surface area contributed by atoms with Crippen LogP contribution in [-0.2, 0) is 4.79 Å². The maximum Gasteiger partial charge on any atom is 0.221 e. The smallest absolute Gasteiger partial charge is 0.221 e. The van der Waals surface area contributed by atoms with Gasteiger partial charge in [0, 0.05) is 27.7 Å². The van der Waals surface area contributed by atoms with E-state index in [1.165, 1.54) is 22.6 Å². The van der Waals surface area contributed by atoms with Crippen molar-refractivity contribution in [3.8, 4) is 0 Å². The zero-order valence-electron chi connectivity index (χ0n) is 12.6. The number of fused-ring (bicyclic) bond motifs is 1. The molecule has 1 heterocycles. The molecule has 1 aliphatic rings. The Morgan fingerprint density at radius 3 is 2.83 bits per heavy atom. The number of carbonyl (C=O) groups is 1. The fraction of sp³-hybridized carbons (Fsp3) is 0.278. The minimum atomic E-state index is -0.235. The highest BCUT2D eigenvalue weighted by molar-refractivity contribution is 7.99. The molecule has 0 radical (unpaired) electrons. The summed E-state index contributed by atoms with van der Waals surface area (Å²) in [6, 6.07) is 14.8. The van der Waals surface area contributed by atoms with Crippen LogP contribution >= 0.6 is 23.5 Å². The van der Waals surface area contributed by atoms with Crippen molar-refractivity contribution in [3.63, 3.8) is 0 Å². The molecule has 0 saturated heterocycles. The third kappa shape index (κ3) is 4.52. The topological polar surface area (TPSA) is 29.1 Å². The van der Waals surface area contributed by atoms with Crippen molar-refractivity contribution < 1.29 is 9.18 Å². The first-order chi connectivity index (χ1) is 11.2. The van der Waals surface area contributed by atoms with Gasteiger partial charge in [0.1, 0.15) is 5.82 Å². The van der Waals surface area contributed by atoms with E-state index in [1.54, 1.807) is 23.9 Å². The molecule has 0 bridgehead atoms. The molecule has 3 rings (SSSR count). The first-order valence-corrected chi connectivity index (χ1v) is 9.59. The Kier molecular flexibility index (Phi) is 5.62. The molecule has 0 aromatic heterocycles. The number of halogens is 1. The van der Waals surface area contributed by atoms with Crippen molar-refractivity contribution in [2.45, 2.75) is 28.7 Å². The predicted octanol–water partition coefficient (Wildman–Crippen LogP) is 4.66. The third-order valence-corrected chi connectivity index (χ3v) is 5.84. The minimum absolute atomic E-state index is 0.0753. The molecule has 0 fully saturated rings. The van der Waals surface area contributed by atoms with Gasteiger partial charge in [-0.15, -0.1) is 23.5 Å². The zero-order valence-corrected chi connectivity index (χ0v) is 14.3. The lowest BCUT2D eigenvalue weighted by Gasteiger charge is -2.25. The van der Waals surface area contributed by atoms with Crippen LogP contribution in [0.1, 0.15) is 24.4 Å². The van der Waals surface area contributed by atoms with Gasteiger partial charge in [0.2, 0.25) is 5.91 Å². The second-order valence-electron chi connectivity index (χ2n) is 5.35. The highest BCUT2D eigenvalue weighted by Gasteiger charge is 2.21. The lowest BCUT2D eigenvalue weighted by atomic mass is 10.0. The lowest BCUT2D eigenvalue weighted by molar-refractivity contribution is -0.121. The molecule has 5 heteroatoms. The molecule has 1 atom stereocenters. The Bertz CT molecular complexity index is 675. The summed E-state index contributed by atoms with van der Waals surface area (Å²) in [6.45, 7) is 0. The Hall–Kier alpha value is -1.46. The monoisotopic (exact) mass is 347 g/mol. The molecule has 1 aliphatic heterocycles. The Labute approximate surface area is 144 Å². The molecule has 1 amide bonds. The lowest BCUT2D eigenvalue weighted by Crippen LogP contribution is -2.30. The van der Waals surface area contributed by atoms with Gasteiger partial charge < -0.3 is 5.32 Å². The van der Waals surface area contributed by atoms with Crippen molar-refractivity contribution in [2.24, 2.45) is 0 Å². The van der Waals surface area contributed by atoms with E-state index >= 15 is 0 Å². The van der Waals surface area contributed by atoms with E-state index in [-0.39, 0.29) is 17.8 Å². The van der Waals surface area contributed by atoms with Crippen LogP contribution in [0.15, 0.2) is 58.3 Å². The van der Waals surface area contributed by atoms with Gasteiger partial charge in [0.25, 0.3) is 0 Å². The normalized spacial score (nSPS) is 16.7. The van der Waals surface area contributed by atoms with Crippen molar-refractivity contribution in [1.82, 2.24) is 5.32 Å². The number of rotatable bonds is 5. The van der Waals surface area contributed by atoms with Crippen LogP contribution in [0.5, 0.6) is 0 Å². The molecule has 2 aromatic rings. The van der Waals surface area contributed by atoms with Crippen LogP contribution in [-0.4, -0.2) is 17.4 Å². The van der Waals surface area contributed by atoms with Crippen molar-refractivity contribution >= 4 is 29.4 Å². The Balaban J connectivity index is 1.49. The van der Waals surface area contributed by atoms with Crippen molar-refractivity contribution in [3.05, 3.63) is 59.9 Å². The summed E-state index contributed by atoms with van der Waals surface area (Å²) in [4.78, 5) is 14.4. The molecule has 0 aliphatic carbocycles. The highest BCUT2D eigenvalue weighted by Crippen LogP contribution is 2.35. The first-order valence-electron chi connectivity index (χ1n) is 7.62. The molecule has 1 N–H and O–H groups in total. The van der Waals surface area contributed by atoms with Crippen molar-refractivity contribution in [2.75, 3.05) is 11.5 Å². The number of benzene rings is 2. The van der Waals surface area contributed by atoms with Gasteiger partial charge in [-0.1, -0.05) is 18.2 Å². The number of amides is 1. The standard InChI is InChI=1S/C18H18FNOS2/c19-13-5-7-14(8-6-13)22-12-10-18(21)20-16-9-11-23-17-4-2-1-3-15(16)17/h1-8,16H,9-12H2,(H,20,21)/t16-/m1/s1. The number of hydrogen-bond donors (Lipinski definition) is 1. The second-order valence-corrected chi connectivity index (χ2v) is 7.65. The summed E-state index contributed by atoms with van der Waals surface area (Å²) in [5, 5.41) is 3.14. The van der Waals surface area contributed by atoms with E-state index in [1.807, 2.05) is 23.9 Å². The molecule has 120 valence electrons. The summed E-state index contributed by atoms with van der Waals surface area (Å²) >= 11 is 3.42. The van der Waals surface area contributed by atoms with Gasteiger partial charge in [0.15, 0.2) is 0 Å². The van der Waals surface area contributed by atoms with E-state index in [4.69, 9.17) is 0 Å². The second kappa shape index (κ2) is 7.88. The van der Waals surface area contributed by atoms with Crippen LogP contribution in [0.3, 0.4) is 0 Å². The van der Waals surface area contributed by atoms with Crippen molar-refractivity contribution in [1.29, 1.82) is 0 Å². The van der Waals surface area contributed by atoms with Gasteiger partial charge in [0.05, 0.1) is 6.04 Å². The maximum absolute atomic E-state index is 12.8. The number of thioether (sulfide) groups is 2. The Morgan fingerprint density at radius 2 is 2.00 bits per heavy atom. The fourth-order valence-corrected chi connectivity index (χ4v) is 4.53. The summed E-state index contributed by atoms with van der Waals surface area (Å²) in [7, 11) is 0. The molecule has 23 heavy (non-hydrogen) atoms. The summed E-state index contributed by atoms with van der Waals surface area (Å²) < 4.78 is 12.8. The van der Waals surface area contributed by atoms with E-state index in [2.05, 4.69) is 17.4 Å². The zero-order chi connectivity index (χ0) is 16.1. The van der Waals surface area contributed by atoms with E-state index in [0.29, 0.717) is 12.2 Å². The molecule has 2 nitrogen and oxygen atoms in total. The van der Waals surface area contributed by atoms with Gasteiger partial charge in [-0.2, -0.15) is 0 Å². The average molecular weight is 347 g/mol. The van der Waals surface area contributed by atoms with Gasteiger partial charge in [-0.05, 0) is 42.3 Å². The predicted molar refractivity (Wildman–Crippen MR) is 94.4 cm³/mol. The first kappa shape index (κ1) is 16.4. The molecule has 0 saturated carbocycles. The van der Waals surface area contributed by atoms with E-state index in [0.717, 1.165) is 17.1 Å². The molecular weight excluding hydrogens is 329 g/mol. The highest BCUT2D eigenvalue weighted by atomic mass is 32.2. The average Bonchev–Trinajstić information content (AvgIpc) is 2.57. The molecular formula is C18H18FNOS2. The fourth-order valence-electron chi connectivity index (χ4n) is 2.55. The summed E-state index contributed by atoms with van der Waals surface area (Å²) in [5.41, 5.74) is 1.23.